The van der Waals surface area contributed by atoms with Crippen LogP contribution < -0.4 is 10.6 Å². The highest BCUT2D eigenvalue weighted by Gasteiger charge is 2.03. The quantitative estimate of drug-likeness (QED) is 0.675. The van der Waals surface area contributed by atoms with Gasteiger partial charge in [0.15, 0.2) is 11.6 Å². The highest BCUT2D eigenvalue weighted by atomic mass is 16.1. The van der Waals surface area contributed by atoms with Crippen LogP contribution in [0.4, 0.5) is 17.5 Å². The molecular weight excluding hydrogens is 304 g/mol. The first kappa shape index (κ1) is 15.5. The summed E-state index contributed by atoms with van der Waals surface area (Å²) in [5.41, 5.74) is 2.37. The second kappa shape index (κ2) is 7.28. The number of ketones is 1. The van der Waals surface area contributed by atoms with E-state index in [4.69, 9.17) is 0 Å². The van der Waals surface area contributed by atoms with Gasteiger partial charge in [0.1, 0.15) is 0 Å². The molecule has 0 aliphatic rings. The van der Waals surface area contributed by atoms with Crippen molar-refractivity contribution in [2.24, 2.45) is 0 Å². The summed E-state index contributed by atoms with van der Waals surface area (Å²) in [5.74, 6) is 1.00. The number of Topliss-reactive ketones (excluding diaryl/α,β-unsaturated/α-hetero) is 1. The molecule has 120 valence electrons. The number of pyridine rings is 1. The van der Waals surface area contributed by atoms with Gasteiger partial charge in [-0.3, -0.25) is 9.78 Å². The predicted octanol–water partition coefficient (Wildman–Crippen LogP) is 2.82. The molecule has 0 unspecified atom stereocenters. The van der Waals surface area contributed by atoms with Gasteiger partial charge >= 0.3 is 0 Å². The van der Waals surface area contributed by atoms with Crippen LogP contribution in [0, 0.1) is 0 Å². The van der Waals surface area contributed by atoms with Crippen molar-refractivity contribution in [3.63, 3.8) is 0 Å². The van der Waals surface area contributed by atoms with E-state index in [1.807, 2.05) is 30.3 Å². The maximum atomic E-state index is 11.3. The van der Waals surface area contributed by atoms with Crippen LogP contribution in [0.15, 0.2) is 54.9 Å². The molecule has 0 bridgehead atoms. The highest BCUT2D eigenvalue weighted by Crippen LogP contribution is 2.15. The number of carbonyl (C=O) groups excluding carboxylic acids is 1. The second-order valence-electron chi connectivity index (χ2n) is 5.10. The molecule has 0 amide bonds. The van der Waals surface area contributed by atoms with Crippen molar-refractivity contribution in [3.8, 4) is 0 Å². The van der Waals surface area contributed by atoms with Gasteiger partial charge in [0.05, 0.1) is 18.4 Å². The molecule has 0 fully saturated rings. The van der Waals surface area contributed by atoms with Crippen molar-refractivity contribution in [1.82, 2.24) is 20.2 Å². The first-order valence-corrected chi connectivity index (χ1v) is 7.42. The van der Waals surface area contributed by atoms with Crippen LogP contribution in [0.1, 0.15) is 23.0 Å². The van der Waals surface area contributed by atoms with E-state index in [1.54, 1.807) is 18.3 Å². The van der Waals surface area contributed by atoms with Gasteiger partial charge in [-0.1, -0.05) is 6.07 Å². The minimum Gasteiger partial charge on any atom is -0.347 e. The number of benzene rings is 1. The SMILES string of the molecule is CC(=O)c1ccc(Nc2cnnc(NCc3ccccn3)n2)cc1. The van der Waals surface area contributed by atoms with Crippen LogP contribution in [0.2, 0.25) is 0 Å². The maximum Gasteiger partial charge on any atom is 0.245 e. The maximum absolute atomic E-state index is 11.3. The molecule has 2 N–H and O–H groups in total. The summed E-state index contributed by atoms with van der Waals surface area (Å²) < 4.78 is 0. The highest BCUT2D eigenvalue weighted by molar-refractivity contribution is 5.94. The molecule has 0 atom stereocenters. The Labute approximate surface area is 139 Å². The van der Waals surface area contributed by atoms with Crippen molar-refractivity contribution in [2.45, 2.75) is 13.5 Å². The number of nitrogens with zero attached hydrogens (tertiary/aromatic N) is 4. The summed E-state index contributed by atoms with van der Waals surface area (Å²) in [6.07, 6.45) is 3.27. The fraction of sp³-hybridized carbons (Fsp3) is 0.118. The lowest BCUT2D eigenvalue weighted by Crippen LogP contribution is -2.07. The monoisotopic (exact) mass is 320 g/mol. The number of hydrogen-bond acceptors (Lipinski definition) is 7. The van der Waals surface area contributed by atoms with Crippen LogP contribution in [0.3, 0.4) is 0 Å². The summed E-state index contributed by atoms with van der Waals surface area (Å²) >= 11 is 0. The molecule has 1 aromatic carbocycles. The van der Waals surface area contributed by atoms with E-state index in [0.717, 1.165) is 11.4 Å². The van der Waals surface area contributed by atoms with E-state index in [-0.39, 0.29) is 5.78 Å². The van der Waals surface area contributed by atoms with E-state index in [2.05, 4.69) is 30.8 Å². The molecule has 3 aromatic rings. The number of nitrogens with one attached hydrogen (secondary N) is 2. The van der Waals surface area contributed by atoms with Crippen molar-refractivity contribution < 1.29 is 4.79 Å². The zero-order valence-corrected chi connectivity index (χ0v) is 13.1. The van der Waals surface area contributed by atoms with Crippen LogP contribution >= 0.6 is 0 Å². The average Bonchev–Trinajstić information content (AvgIpc) is 2.62. The molecule has 0 spiro atoms. The van der Waals surface area contributed by atoms with Crippen LogP contribution in [0.25, 0.3) is 0 Å². The summed E-state index contributed by atoms with van der Waals surface area (Å²) in [4.78, 5) is 19.9. The Hall–Kier alpha value is -3.35. The molecule has 7 nitrogen and oxygen atoms in total. The summed E-state index contributed by atoms with van der Waals surface area (Å²) in [5, 5.41) is 14.1. The van der Waals surface area contributed by atoms with Crippen molar-refractivity contribution in [2.75, 3.05) is 10.6 Å². The van der Waals surface area contributed by atoms with Gasteiger partial charge in [-0.2, -0.15) is 10.1 Å². The lowest BCUT2D eigenvalue weighted by molar-refractivity contribution is 0.101. The third kappa shape index (κ3) is 4.10. The number of carbonyl (C=O) groups is 1. The van der Waals surface area contributed by atoms with Gasteiger partial charge < -0.3 is 10.6 Å². The molecule has 0 aliphatic carbocycles. The molecule has 0 radical (unpaired) electrons. The Bertz CT molecular complexity index is 820. The molecule has 24 heavy (non-hydrogen) atoms. The number of anilines is 3. The first-order valence-electron chi connectivity index (χ1n) is 7.42. The third-order valence-electron chi connectivity index (χ3n) is 3.28. The van der Waals surface area contributed by atoms with Crippen LogP contribution in [-0.2, 0) is 6.54 Å². The molecule has 2 aromatic heterocycles. The topological polar surface area (TPSA) is 92.7 Å². The van der Waals surface area contributed by atoms with E-state index in [0.29, 0.717) is 23.9 Å². The average molecular weight is 320 g/mol. The predicted molar refractivity (Wildman–Crippen MR) is 91.1 cm³/mol. The molecule has 3 rings (SSSR count). The van der Waals surface area contributed by atoms with Gasteiger partial charge in [0, 0.05) is 17.4 Å². The first-order chi connectivity index (χ1) is 11.7. The normalized spacial score (nSPS) is 10.2. The summed E-state index contributed by atoms with van der Waals surface area (Å²) in [7, 11) is 0. The largest absolute Gasteiger partial charge is 0.347 e. The van der Waals surface area contributed by atoms with E-state index >= 15 is 0 Å². The van der Waals surface area contributed by atoms with Crippen molar-refractivity contribution in [3.05, 3.63) is 66.1 Å². The number of rotatable bonds is 6. The Morgan fingerprint density at radius 1 is 1.12 bits per heavy atom. The summed E-state index contributed by atoms with van der Waals surface area (Å²) in [6, 6.07) is 12.9. The molecule has 0 aliphatic heterocycles. The standard InChI is InChI=1S/C17H16N6O/c1-12(24)13-5-7-14(8-6-13)21-16-11-20-23-17(22-16)19-10-15-4-2-3-9-18-15/h2-9,11H,10H2,1H3,(H2,19,21,22,23). The minimum absolute atomic E-state index is 0.0336. The second-order valence-corrected chi connectivity index (χ2v) is 5.10. The minimum atomic E-state index is 0.0336. The van der Waals surface area contributed by atoms with Gasteiger partial charge in [-0.15, -0.1) is 5.10 Å². The van der Waals surface area contributed by atoms with E-state index in [9.17, 15) is 4.79 Å². The molecule has 0 saturated heterocycles. The zero-order valence-electron chi connectivity index (χ0n) is 13.1. The van der Waals surface area contributed by atoms with Gasteiger partial charge in [-0.25, -0.2) is 0 Å². The van der Waals surface area contributed by atoms with Gasteiger partial charge in [-0.05, 0) is 43.3 Å². The molecule has 7 heteroatoms. The fourth-order valence-corrected chi connectivity index (χ4v) is 2.05. The van der Waals surface area contributed by atoms with Crippen molar-refractivity contribution >= 4 is 23.2 Å². The van der Waals surface area contributed by atoms with Gasteiger partial charge in [0.25, 0.3) is 0 Å². The zero-order chi connectivity index (χ0) is 16.8. The lowest BCUT2D eigenvalue weighted by atomic mass is 10.1. The van der Waals surface area contributed by atoms with Gasteiger partial charge in [0.2, 0.25) is 5.95 Å². The Kier molecular flexibility index (Phi) is 4.71. The van der Waals surface area contributed by atoms with Crippen molar-refractivity contribution in [1.29, 1.82) is 0 Å². The number of hydrogen-bond donors (Lipinski definition) is 2. The van der Waals surface area contributed by atoms with E-state index in [1.165, 1.54) is 13.1 Å². The Balaban J connectivity index is 1.65. The molecule has 0 saturated carbocycles. The number of aromatic nitrogens is 4. The van der Waals surface area contributed by atoms with Crippen LogP contribution in [0.5, 0.6) is 0 Å². The Morgan fingerprint density at radius 2 is 1.96 bits per heavy atom. The molecular formula is C17H16N6O. The Morgan fingerprint density at radius 3 is 2.67 bits per heavy atom. The smallest absolute Gasteiger partial charge is 0.245 e. The molecule has 2 heterocycles. The van der Waals surface area contributed by atoms with Crippen LogP contribution in [-0.4, -0.2) is 25.9 Å². The fourth-order valence-electron chi connectivity index (χ4n) is 2.05. The lowest BCUT2D eigenvalue weighted by Gasteiger charge is -2.08. The summed E-state index contributed by atoms with van der Waals surface area (Å²) in [6.45, 7) is 2.05. The third-order valence-corrected chi connectivity index (χ3v) is 3.28. The van der Waals surface area contributed by atoms with E-state index < -0.39 is 0 Å².